The Labute approximate surface area is 131 Å². The molecule has 0 unspecified atom stereocenters. The van der Waals surface area contributed by atoms with Gasteiger partial charge in [-0.15, -0.1) is 0 Å². The van der Waals surface area contributed by atoms with Gasteiger partial charge in [0.05, 0.1) is 5.75 Å². The molecule has 0 atom stereocenters. The second-order valence-electron chi connectivity index (χ2n) is 4.48. The van der Waals surface area contributed by atoms with E-state index in [1.807, 2.05) is 0 Å². The molecule has 0 saturated carbocycles. The zero-order valence-electron chi connectivity index (χ0n) is 18.9. The summed E-state index contributed by atoms with van der Waals surface area (Å²) in [4.78, 5) is 3.80. The minimum atomic E-state index is -4.13. The molecule has 1 aromatic carbocycles. The van der Waals surface area contributed by atoms with Crippen LogP contribution in [0.25, 0.3) is 10.9 Å². The Morgan fingerprint density at radius 2 is 2.35 bits per heavy atom. The highest BCUT2D eigenvalue weighted by Crippen LogP contribution is 2.21. The fourth-order valence-electron chi connectivity index (χ4n) is 1.86. The van der Waals surface area contributed by atoms with E-state index in [2.05, 4.69) is 4.98 Å². The minimum Gasteiger partial charge on any atom is -0.361 e. The molecule has 0 radical (unpaired) electrons. The van der Waals surface area contributed by atoms with Gasteiger partial charge in [0, 0.05) is 34.6 Å². The van der Waals surface area contributed by atoms with E-state index in [0.29, 0.717) is 10.9 Å². The number of hydrogen-bond donors (Lipinski definition) is 2. The summed E-state index contributed by atoms with van der Waals surface area (Å²) in [6, 6.07) is 4.50. The molecular formula is C14H21N3O2S. The molecule has 20 heavy (non-hydrogen) atoms. The van der Waals surface area contributed by atoms with Gasteiger partial charge in [0.15, 0.2) is 0 Å². The van der Waals surface area contributed by atoms with E-state index in [1.54, 1.807) is 10.8 Å². The van der Waals surface area contributed by atoms with Crippen LogP contribution in [0.1, 0.15) is 22.1 Å². The van der Waals surface area contributed by atoms with Crippen molar-refractivity contribution >= 4 is 20.9 Å². The maximum Gasteiger partial charge on any atom is 0.215 e. The maximum atomic E-state index is 12.0. The molecule has 5 nitrogen and oxygen atoms in total. The van der Waals surface area contributed by atoms with Crippen molar-refractivity contribution in [2.45, 2.75) is 12.1 Å². The number of aromatic nitrogens is 1. The van der Waals surface area contributed by atoms with Crippen molar-refractivity contribution < 1.29 is 19.4 Å². The van der Waals surface area contributed by atoms with Gasteiger partial charge < -0.3 is 9.88 Å². The molecule has 0 saturated heterocycles. The second-order valence-corrected chi connectivity index (χ2v) is 6.20. The number of hydrogen-bond acceptors (Lipinski definition) is 3. The quantitative estimate of drug-likeness (QED) is 0.846. The summed E-state index contributed by atoms with van der Waals surface area (Å²) >= 11 is 0. The van der Waals surface area contributed by atoms with Gasteiger partial charge in [-0.3, -0.25) is 0 Å². The summed E-state index contributed by atoms with van der Waals surface area (Å²) in [7, 11) is -2.84. The Bertz CT molecular complexity index is 950. The van der Waals surface area contributed by atoms with Crippen LogP contribution in [0.15, 0.2) is 24.4 Å². The third-order valence-corrected chi connectivity index (χ3v) is 3.79. The van der Waals surface area contributed by atoms with Crippen LogP contribution in [0.4, 0.5) is 0 Å². The van der Waals surface area contributed by atoms with E-state index >= 15 is 0 Å². The highest BCUT2D eigenvalue weighted by Gasteiger charge is 2.11. The van der Waals surface area contributed by atoms with Gasteiger partial charge in [0.25, 0.3) is 0 Å². The fourth-order valence-corrected chi connectivity index (χ4v) is 2.55. The first-order valence-electron chi connectivity index (χ1n) is 9.84. The highest BCUT2D eigenvalue weighted by molar-refractivity contribution is 7.88. The summed E-state index contributed by atoms with van der Waals surface area (Å²) in [6.45, 7) is -5.71. The van der Waals surface area contributed by atoms with Crippen LogP contribution >= 0.6 is 0 Å². The number of rotatable bonds is 6. The summed E-state index contributed by atoms with van der Waals surface area (Å²) in [6.07, 6.45) is -0.618. The average Bonchev–Trinajstić information content (AvgIpc) is 2.86. The highest BCUT2D eigenvalue weighted by atomic mass is 32.2. The first kappa shape index (κ1) is 7.59. The van der Waals surface area contributed by atoms with Crippen LogP contribution in [0.2, 0.25) is 0 Å². The number of sulfonamides is 1. The van der Waals surface area contributed by atoms with Crippen LogP contribution in [0, 0.1) is 0 Å². The van der Waals surface area contributed by atoms with E-state index in [0.717, 1.165) is 4.90 Å². The van der Waals surface area contributed by atoms with Crippen molar-refractivity contribution in [1.82, 2.24) is 14.6 Å². The molecule has 2 rings (SSSR count). The topological polar surface area (TPSA) is 65.2 Å². The molecule has 0 amide bonds. The third kappa shape index (κ3) is 3.59. The fraction of sp³-hybridized carbons (Fsp3) is 0.429. The molecule has 0 fully saturated rings. The van der Waals surface area contributed by atoms with Crippen LogP contribution < -0.4 is 4.72 Å². The van der Waals surface area contributed by atoms with E-state index in [-0.39, 0.29) is 11.1 Å². The Morgan fingerprint density at radius 1 is 1.50 bits per heavy atom. The number of nitrogens with one attached hydrogen (secondary N) is 2. The predicted octanol–water partition coefficient (Wildman–Crippen LogP) is 1.32. The monoisotopic (exact) mass is 303 g/mol. The zero-order valence-corrected chi connectivity index (χ0v) is 11.7. The predicted molar refractivity (Wildman–Crippen MR) is 82.2 cm³/mol. The van der Waals surface area contributed by atoms with Crippen molar-refractivity contribution in [2.24, 2.45) is 0 Å². The standard InChI is InChI=1S/C14H21N3O2S/c1-15-20(18,19)10-11-4-5-14-13(8-11)12(9-16-14)6-7-17(2)3/h4-5,8-9,15-16H,6-7,10H2,1-3H3/i1D3,2D3,6D2. The van der Waals surface area contributed by atoms with Crippen LogP contribution in [0.5, 0.6) is 0 Å². The van der Waals surface area contributed by atoms with E-state index in [9.17, 15) is 8.42 Å². The van der Waals surface area contributed by atoms with Crippen molar-refractivity contribution in [3.8, 4) is 0 Å². The lowest BCUT2D eigenvalue weighted by Gasteiger charge is -2.08. The van der Waals surface area contributed by atoms with Crippen molar-refractivity contribution in [2.75, 3.05) is 27.5 Å². The Hall–Kier alpha value is -1.37. The number of likely N-dealkylation sites (N-methyl/N-ethyl adjacent to an activating group) is 1. The first-order valence-corrected chi connectivity index (χ1v) is 7.49. The third-order valence-electron chi connectivity index (χ3n) is 2.77. The number of H-pyrrole nitrogens is 1. The average molecular weight is 303 g/mol. The van der Waals surface area contributed by atoms with Gasteiger partial charge in [-0.05, 0) is 50.6 Å². The molecule has 110 valence electrons. The molecule has 0 spiro atoms. The minimum absolute atomic E-state index is 0.182. The summed E-state index contributed by atoms with van der Waals surface area (Å²) in [5.74, 6) is -0.593. The molecule has 0 aliphatic carbocycles. The second kappa shape index (κ2) is 5.95. The Morgan fingerprint density at radius 3 is 3.10 bits per heavy atom. The van der Waals surface area contributed by atoms with Gasteiger partial charge >= 0.3 is 0 Å². The normalized spacial score (nSPS) is 20.3. The van der Waals surface area contributed by atoms with E-state index in [1.165, 1.54) is 25.4 Å². The van der Waals surface area contributed by atoms with Gasteiger partial charge in [-0.2, -0.15) is 0 Å². The van der Waals surface area contributed by atoms with Crippen molar-refractivity contribution in [3.63, 3.8) is 0 Å². The molecular weight excluding hydrogens is 274 g/mol. The molecule has 6 heteroatoms. The molecule has 2 aromatic rings. The van der Waals surface area contributed by atoms with E-state index < -0.39 is 42.6 Å². The summed E-state index contributed by atoms with van der Waals surface area (Å²) in [5.41, 5.74) is 0.993. The molecule has 2 N–H and O–H groups in total. The van der Waals surface area contributed by atoms with Crippen LogP contribution in [-0.4, -0.2) is 45.8 Å². The SMILES string of the molecule is [2H]C([2H])([2H])NS(=O)(=O)Cc1ccc2[nH]cc(C([2H])([2H])CN(C)C([2H])([2H])[2H])c2c1. The summed E-state index contributed by atoms with van der Waals surface area (Å²) < 4.78 is 85.4. The lowest BCUT2D eigenvalue weighted by Crippen LogP contribution is -2.20. The van der Waals surface area contributed by atoms with Gasteiger partial charge in [0.2, 0.25) is 10.0 Å². The van der Waals surface area contributed by atoms with Gasteiger partial charge in [-0.25, -0.2) is 13.1 Å². The van der Waals surface area contributed by atoms with E-state index in [4.69, 9.17) is 11.0 Å². The molecule has 0 aliphatic rings. The first-order chi connectivity index (χ1) is 12.5. The Kier molecular flexibility index (Phi) is 2.26. The summed E-state index contributed by atoms with van der Waals surface area (Å²) in [5, 5.41) is 0.394. The van der Waals surface area contributed by atoms with Crippen molar-refractivity contribution in [3.05, 3.63) is 35.5 Å². The lowest BCUT2D eigenvalue weighted by molar-refractivity contribution is 0.414. The molecule has 1 heterocycles. The van der Waals surface area contributed by atoms with Crippen LogP contribution in [0.3, 0.4) is 0 Å². The largest absolute Gasteiger partial charge is 0.361 e. The molecule has 0 bridgehead atoms. The van der Waals surface area contributed by atoms with Crippen LogP contribution in [-0.2, 0) is 22.1 Å². The van der Waals surface area contributed by atoms with Gasteiger partial charge in [0.1, 0.15) is 0 Å². The Balaban J connectivity index is 2.37. The molecule has 0 aliphatic heterocycles. The zero-order chi connectivity index (χ0) is 21.5. The smallest absolute Gasteiger partial charge is 0.215 e. The number of benzene rings is 1. The number of nitrogens with zero attached hydrogens (tertiary/aromatic N) is 1. The maximum absolute atomic E-state index is 12.0. The number of aromatic amines is 1. The van der Waals surface area contributed by atoms with Gasteiger partial charge in [-0.1, -0.05) is 6.07 Å². The van der Waals surface area contributed by atoms with Crippen molar-refractivity contribution in [1.29, 1.82) is 0 Å². The molecule has 1 aromatic heterocycles. The lowest BCUT2D eigenvalue weighted by atomic mass is 10.1. The number of fused-ring (bicyclic) bond motifs is 1.